The van der Waals surface area contributed by atoms with Crippen molar-refractivity contribution in [3.8, 4) is 0 Å². The van der Waals surface area contributed by atoms with Crippen molar-refractivity contribution in [2.75, 3.05) is 12.3 Å². The van der Waals surface area contributed by atoms with Gasteiger partial charge in [-0.25, -0.2) is 9.59 Å². The number of benzene rings is 2. The molecule has 138 valence electrons. The predicted molar refractivity (Wildman–Crippen MR) is 105 cm³/mol. The molecule has 2 aromatic rings. The number of hydrogen-bond acceptors (Lipinski definition) is 5. The average molecular weight is 380 g/mol. The van der Waals surface area contributed by atoms with Crippen LogP contribution in [-0.4, -0.2) is 40.4 Å². The number of nitrogens with one attached hydrogen (secondary N) is 1. The van der Waals surface area contributed by atoms with Crippen LogP contribution in [0.1, 0.15) is 17.5 Å². The lowest BCUT2D eigenvalue weighted by molar-refractivity contribution is -0.132. The van der Waals surface area contributed by atoms with Gasteiger partial charge in [0.05, 0.1) is 22.2 Å². The minimum atomic E-state index is 0.00286. The summed E-state index contributed by atoms with van der Waals surface area (Å²) in [6.07, 6.45) is 0.386. The van der Waals surface area contributed by atoms with Crippen LogP contribution in [0.5, 0.6) is 0 Å². The third-order valence-electron chi connectivity index (χ3n) is 4.45. The van der Waals surface area contributed by atoms with E-state index in [9.17, 15) is 14.4 Å². The van der Waals surface area contributed by atoms with Gasteiger partial charge in [0, 0.05) is 25.4 Å². The maximum atomic E-state index is 13.0. The molecule has 1 heterocycles. The Morgan fingerprint density at radius 2 is 1.89 bits per heavy atom. The molecule has 2 aromatic carbocycles. The topological polar surface area (TPSA) is 66.5 Å². The zero-order chi connectivity index (χ0) is 19.1. The Morgan fingerprint density at radius 1 is 1.07 bits per heavy atom. The molecule has 1 fully saturated rings. The van der Waals surface area contributed by atoms with E-state index in [0.717, 1.165) is 17.9 Å². The van der Waals surface area contributed by atoms with E-state index < -0.39 is 0 Å². The molecule has 0 aliphatic carbocycles. The summed E-state index contributed by atoms with van der Waals surface area (Å²) in [5.41, 5.74) is 1.61. The first-order valence-corrected chi connectivity index (χ1v) is 9.81. The molecular weight excluding hydrogens is 360 g/mol. The second-order valence-corrected chi connectivity index (χ2v) is 7.61. The summed E-state index contributed by atoms with van der Waals surface area (Å²) in [6, 6.07) is 14.7. The van der Waals surface area contributed by atoms with E-state index in [-0.39, 0.29) is 28.3 Å². The molecule has 0 radical (unpaired) electrons. The molecule has 1 saturated heterocycles. The third-order valence-corrected chi connectivity index (χ3v) is 5.62. The number of hydrogen-bond donors (Lipinski definition) is 1. The van der Waals surface area contributed by atoms with Crippen LogP contribution in [-0.2, 0) is 27.5 Å². The maximum Gasteiger partial charge on any atom is 0.225 e. The highest BCUT2D eigenvalue weighted by Gasteiger charge is 2.23. The molecule has 0 saturated carbocycles. The van der Waals surface area contributed by atoms with Gasteiger partial charge in [-0.1, -0.05) is 42.5 Å². The van der Waals surface area contributed by atoms with Crippen LogP contribution < -0.4 is 15.8 Å². The fourth-order valence-electron chi connectivity index (χ4n) is 3.08. The Labute approximate surface area is 161 Å². The number of carbonyl (C=O) groups excluding carboxylic acids is 3. The van der Waals surface area contributed by atoms with Gasteiger partial charge in [0.15, 0.2) is 0 Å². The number of thioether (sulfide) groups is 1. The largest absolute Gasteiger partial charge is 0.334 e. The van der Waals surface area contributed by atoms with E-state index in [0.29, 0.717) is 18.5 Å². The second kappa shape index (κ2) is 9.36. The first-order chi connectivity index (χ1) is 13.2. The van der Waals surface area contributed by atoms with E-state index in [1.807, 2.05) is 36.3 Å². The summed E-state index contributed by atoms with van der Waals surface area (Å²) in [5, 5.41) is 3.77. The smallest absolute Gasteiger partial charge is 0.225 e. The molecule has 27 heavy (non-hydrogen) atoms. The Morgan fingerprint density at radius 3 is 2.56 bits per heavy atom. The molecular formula is C21H20N2O3S. The SMILES string of the molecule is O=C=c1cccc(CN(Cc2ccccc2)C(=O)CC2NCCS2)c1=C=O. The molecule has 0 spiro atoms. The lowest BCUT2D eigenvalue weighted by Gasteiger charge is -2.24. The fraction of sp³-hybridized carbons (Fsp3) is 0.286. The lowest BCUT2D eigenvalue weighted by atomic mass is 10.1. The first-order valence-electron chi connectivity index (χ1n) is 8.76. The summed E-state index contributed by atoms with van der Waals surface area (Å²) in [5.74, 6) is 4.60. The second-order valence-electron chi connectivity index (χ2n) is 6.30. The third kappa shape index (κ3) is 4.97. The summed E-state index contributed by atoms with van der Waals surface area (Å²) < 4.78 is 0. The normalized spacial score (nSPS) is 15.8. The van der Waals surface area contributed by atoms with Crippen LogP contribution in [0.15, 0.2) is 48.5 Å². The van der Waals surface area contributed by atoms with Gasteiger partial charge in [0.25, 0.3) is 0 Å². The summed E-state index contributed by atoms with van der Waals surface area (Å²) in [4.78, 5) is 37.1. The number of nitrogens with zero attached hydrogens (tertiary/aromatic N) is 1. The van der Waals surface area contributed by atoms with Crippen molar-refractivity contribution in [1.29, 1.82) is 0 Å². The zero-order valence-corrected chi connectivity index (χ0v) is 15.6. The summed E-state index contributed by atoms with van der Waals surface area (Å²) in [7, 11) is 0. The highest BCUT2D eigenvalue weighted by atomic mass is 32.2. The Hall–Kier alpha value is -2.62. The first kappa shape index (κ1) is 19.2. The van der Waals surface area contributed by atoms with Gasteiger partial charge in [0.1, 0.15) is 11.9 Å². The predicted octanol–water partition coefficient (Wildman–Crippen LogP) is 0.274. The van der Waals surface area contributed by atoms with Gasteiger partial charge >= 0.3 is 0 Å². The quantitative estimate of drug-likeness (QED) is 0.780. The molecule has 6 heteroatoms. The van der Waals surface area contributed by atoms with Crippen molar-refractivity contribution in [2.45, 2.75) is 24.9 Å². The average Bonchev–Trinajstić information content (AvgIpc) is 3.21. The molecule has 1 amide bonds. The van der Waals surface area contributed by atoms with Crippen molar-refractivity contribution in [1.82, 2.24) is 10.2 Å². The van der Waals surface area contributed by atoms with Crippen molar-refractivity contribution in [3.63, 3.8) is 0 Å². The molecule has 3 rings (SSSR count). The number of amides is 1. The van der Waals surface area contributed by atoms with Gasteiger partial charge in [-0.05, 0) is 17.2 Å². The molecule has 1 atom stereocenters. The van der Waals surface area contributed by atoms with Crippen LogP contribution in [0, 0.1) is 0 Å². The van der Waals surface area contributed by atoms with Crippen LogP contribution in [0.25, 0.3) is 0 Å². The Kier molecular flexibility index (Phi) is 6.64. The van der Waals surface area contributed by atoms with Crippen LogP contribution >= 0.6 is 11.8 Å². The minimum absolute atomic E-state index is 0.00286. The van der Waals surface area contributed by atoms with E-state index in [2.05, 4.69) is 5.32 Å². The van der Waals surface area contributed by atoms with Gasteiger partial charge in [0.2, 0.25) is 5.91 Å². The van der Waals surface area contributed by atoms with Crippen LogP contribution in [0.4, 0.5) is 0 Å². The van der Waals surface area contributed by atoms with Crippen molar-refractivity contribution < 1.29 is 14.4 Å². The molecule has 1 aliphatic rings. The number of rotatable bonds is 6. The van der Waals surface area contributed by atoms with Gasteiger partial charge in [-0.15, -0.1) is 11.8 Å². The maximum absolute atomic E-state index is 13.0. The monoisotopic (exact) mass is 380 g/mol. The van der Waals surface area contributed by atoms with E-state index in [1.165, 1.54) is 6.07 Å². The lowest BCUT2D eigenvalue weighted by Crippen LogP contribution is -2.38. The van der Waals surface area contributed by atoms with E-state index in [1.54, 1.807) is 34.7 Å². The molecule has 5 nitrogen and oxygen atoms in total. The standard InChI is InChI=1S/C21H20N2O3S/c24-14-18-8-4-7-17(19(18)15-25)13-23(12-16-5-2-1-3-6-16)21(26)11-20-22-9-10-27-20/h1-8,20,22H,9-13H2. The van der Waals surface area contributed by atoms with Crippen molar-refractivity contribution >= 4 is 29.6 Å². The van der Waals surface area contributed by atoms with Crippen molar-refractivity contribution in [2.24, 2.45) is 0 Å². The molecule has 0 bridgehead atoms. The molecule has 0 aromatic heterocycles. The Balaban J connectivity index is 1.88. The number of carbonyl (C=O) groups is 1. The summed E-state index contributed by atoms with van der Waals surface area (Å²) in [6.45, 7) is 1.58. The zero-order valence-electron chi connectivity index (χ0n) is 14.8. The Bertz CT molecular complexity index is 961. The van der Waals surface area contributed by atoms with Crippen LogP contribution in [0.2, 0.25) is 0 Å². The fourth-order valence-corrected chi connectivity index (χ4v) is 4.09. The van der Waals surface area contributed by atoms with Gasteiger partial charge < -0.3 is 10.2 Å². The molecule has 1 aliphatic heterocycles. The highest BCUT2D eigenvalue weighted by molar-refractivity contribution is 8.00. The highest BCUT2D eigenvalue weighted by Crippen LogP contribution is 2.19. The molecule has 1 N–H and O–H groups in total. The van der Waals surface area contributed by atoms with Gasteiger partial charge in [-0.3, -0.25) is 4.79 Å². The van der Waals surface area contributed by atoms with E-state index in [4.69, 9.17) is 0 Å². The van der Waals surface area contributed by atoms with Crippen molar-refractivity contribution in [3.05, 3.63) is 70.1 Å². The summed E-state index contributed by atoms with van der Waals surface area (Å²) >= 11 is 1.74. The van der Waals surface area contributed by atoms with E-state index >= 15 is 0 Å². The minimum Gasteiger partial charge on any atom is -0.334 e. The van der Waals surface area contributed by atoms with Crippen LogP contribution in [0.3, 0.4) is 0 Å². The molecule has 1 unspecified atom stereocenters. The van der Waals surface area contributed by atoms with Gasteiger partial charge in [-0.2, -0.15) is 0 Å².